The van der Waals surface area contributed by atoms with E-state index in [4.69, 9.17) is 4.43 Å². The fourth-order valence-corrected chi connectivity index (χ4v) is 8.99. The fraction of sp³-hybridized carbons (Fsp3) is 0.667. The van der Waals surface area contributed by atoms with Gasteiger partial charge in [-0.2, -0.15) is 0 Å². The first-order valence-electron chi connectivity index (χ1n) is 9.44. The first kappa shape index (κ1) is 21.7. The zero-order valence-electron chi connectivity index (χ0n) is 17.8. The third-order valence-electron chi connectivity index (χ3n) is 5.15. The fourth-order valence-electron chi connectivity index (χ4n) is 3.73. The van der Waals surface area contributed by atoms with Crippen LogP contribution in [-0.4, -0.2) is 14.2 Å². The molecule has 0 fully saturated rings. The smallest absolute Gasteiger partial charge is 0.258 e. The molecule has 0 unspecified atom stereocenters. The highest BCUT2D eigenvalue weighted by Crippen LogP contribution is 2.44. The van der Waals surface area contributed by atoms with Gasteiger partial charge in [0.05, 0.1) is 5.69 Å². The summed E-state index contributed by atoms with van der Waals surface area (Å²) in [5.41, 5.74) is 2.87. The van der Waals surface area contributed by atoms with Gasteiger partial charge < -0.3 is 9.74 Å². The van der Waals surface area contributed by atoms with Crippen LogP contribution in [0.2, 0.25) is 16.6 Å². The number of amides is 1. The maximum Gasteiger partial charge on any atom is 0.258 e. The van der Waals surface area contributed by atoms with Gasteiger partial charge in [0.2, 0.25) is 5.91 Å². The van der Waals surface area contributed by atoms with Crippen molar-refractivity contribution in [2.45, 2.75) is 85.9 Å². The Balaban J connectivity index is 3.38. The summed E-state index contributed by atoms with van der Waals surface area (Å²) in [5, 5.41) is 3.12. The summed E-state index contributed by atoms with van der Waals surface area (Å²) in [6, 6.07) is 6.03. The molecule has 0 aliphatic carbocycles. The van der Waals surface area contributed by atoms with Crippen LogP contribution in [0.4, 0.5) is 5.69 Å². The Morgan fingerprint density at radius 1 is 1.00 bits per heavy atom. The number of aryl methyl sites for hydroxylation is 1. The Morgan fingerprint density at radius 3 is 1.88 bits per heavy atom. The van der Waals surface area contributed by atoms with Crippen LogP contribution in [0.5, 0.6) is 5.75 Å². The van der Waals surface area contributed by atoms with E-state index in [2.05, 4.69) is 46.9 Å². The molecule has 0 bridgehead atoms. The van der Waals surface area contributed by atoms with Crippen LogP contribution >= 0.6 is 0 Å². The van der Waals surface area contributed by atoms with Crippen molar-refractivity contribution in [1.82, 2.24) is 0 Å². The number of para-hydroxylation sites is 1. The highest BCUT2D eigenvalue weighted by Gasteiger charge is 2.47. The molecule has 0 aliphatic rings. The van der Waals surface area contributed by atoms with E-state index in [1.54, 1.807) is 0 Å². The lowest BCUT2D eigenvalue weighted by molar-refractivity contribution is -0.123. The quantitative estimate of drug-likeness (QED) is 0.583. The number of hydrogen-bond donors (Lipinski definition) is 1. The van der Waals surface area contributed by atoms with E-state index in [-0.39, 0.29) is 5.91 Å². The summed E-state index contributed by atoms with van der Waals surface area (Å²) < 4.78 is 6.84. The average molecular weight is 364 g/mol. The molecule has 1 aromatic rings. The van der Waals surface area contributed by atoms with Gasteiger partial charge in [0, 0.05) is 5.41 Å². The molecule has 0 atom stereocenters. The van der Waals surface area contributed by atoms with Crippen molar-refractivity contribution in [3.05, 3.63) is 23.8 Å². The molecule has 1 rings (SSSR count). The van der Waals surface area contributed by atoms with Crippen molar-refractivity contribution in [2.24, 2.45) is 5.41 Å². The SMILES string of the molecule is Cc1cccc(O[Si](C(C)C)(C(C)C)C(C)C)c1NC(=O)C(C)(C)C. The Morgan fingerprint density at radius 2 is 1.48 bits per heavy atom. The molecule has 4 heteroatoms. The highest BCUT2D eigenvalue weighted by molar-refractivity contribution is 6.78. The minimum atomic E-state index is -2.07. The Hall–Kier alpha value is -1.29. The van der Waals surface area contributed by atoms with Crippen LogP contribution in [0, 0.1) is 12.3 Å². The lowest BCUT2D eigenvalue weighted by atomic mass is 9.95. The standard InChI is InChI=1S/C21H37NO2Si/c1-14(2)25(15(3)4,16(5)6)24-18-13-11-12-17(7)19(18)22-20(23)21(8,9)10/h11-16H,1-10H3,(H,22,23). The van der Waals surface area contributed by atoms with Gasteiger partial charge in [0.15, 0.2) is 0 Å². The summed E-state index contributed by atoms with van der Waals surface area (Å²) >= 11 is 0. The van der Waals surface area contributed by atoms with Gasteiger partial charge in [0.25, 0.3) is 8.32 Å². The molecule has 3 nitrogen and oxygen atoms in total. The van der Waals surface area contributed by atoms with Crippen molar-refractivity contribution in [3.63, 3.8) is 0 Å². The molecule has 1 N–H and O–H groups in total. The zero-order valence-corrected chi connectivity index (χ0v) is 18.8. The van der Waals surface area contributed by atoms with E-state index in [1.807, 2.05) is 45.9 Å². The molecule has 0 aliphatic heterocycles. The van der Waals surface area contributed by atoms with E-state index >= 15 is 0 Å². The topological polar surface area (TPSA) is 38.3 Å². The van der Waals surface area contributed by atoms with Crippen LogP contribution in [0.3, 0.4) is 0 Å². The van der Waals surface area contributed by atoms with Gasteiger partial charge in [0.1, 0.15) is 5.75 Å². The van der Waals surface area contributed by atoms with E-state index in [9.17, 15) is 4.79 Å². The predicted molar refractivity (Wildman–Crippen MR) is 111 cm³/mol. The molecule has 1 aromatic carbocycles. The third kappa shape index (κ3) is 4.66. The Labute approximate surface area is 155 Å². The second-order valence-corrected chi connectivity index (χ2v) is 14.4. The predicted octanol–water partition coefficient (Wildman–Crippen LogP) is 6.53. The van der Waals surface area contributed by atoms with Gasteiger partial charge in [-0.1, -0.05) is 74.4 Å². The minimum absolute atomic E-state index is 0.0116. The monoisotopic (exact) mass is 363 g/mol. The van der Waals surface area contributed by atoms with Gasteiger partial charge >= 0.3 is 0 Å². The van der Waals surface area contributed by atoms with Crippen LogP contribution in [-0.2, 0) is 4.79 Å². The molecular weight excluding hydrogens is 326 g/mol. The minimum Gasteiger partial charge on any atom is -0.541 e. The van der Waals surface area contributed by atoms with Crippen molar-refractivity contribution >= 4 is 19.9 Å². The van der Waals surface area contributed by atoms with Crippen molar-refractivity contribution in [3.8, 4) is 5.75 Å². The number of carbonyl (C=O) groups excluding carboxylic acids is 1. The summed E-state index contributed by atoms with van der Waals surface area (Å²) in [5.74, 6) is 0.831. The molecule has 0 saturated carbocycles. The molecule has 0 aromatic heterocycles. The molecule has 142 valence electrons. The van der Waals surface area contributed by atoms with E-state index < -0.39 is 13.7 Å². The Bertz CT molecular complexity index is 579. The first-order valence-corrected chi connectivity index (χ1v) is 11.6. The molecule has 0 radical (unpaired) electrons. The van der Waals surface area contributed by atoms with E-state index in [0.29, 0.717) is 16.6 Å². The molecule has 1 amide bonds. The molecule has 0 spiro atoms. The summed E-state index contributed by atoms with van der Waals surface area (Å²) in [6.45, 7) is 21.4. The normalized spacial score (nSPS) is 12.8. The van der Waals surface area contributed by atoms with Crippen LogP contribution in [0.25, 0.3) is 0 Å². The molecule has 25 heavy (non-hydrogen) atoms. The summed E-state index contributed by atoms with van der Waals surface area (Å²) in [7, 11) is -2.07. The second-order valence-electron chi connectivity index (χ2n) is 9.07. The number of rotatable bonds is 6. The molecule has 0 heterocycles. The summed E-state index contributed by atoms with van der Waals surface area (Å²) in [4.78, 5) is 12.6. The Kier molecular flexibility index (Phi) is 6.91. The van der Waals surface area contributed by atoms with Gasteiger partial charge in [-0.3, -0.25) is 4.79 Å². The third-order valence-corrected chi connectivity index (χ3v) is 11.1. The number of carbonyl (C=O) groups is 1. The largest absolute Gasteiger partial charge is 0.541 e. The number of nitrogens with one attached hydrogen (secondary N) is 1. The van der Waals surface area contributed by atoms with Crippen molar-refractivity contribution < 1.29 is 9.22 Å². The second kappa shape index (κ2) is 7.94. The lowest BCUT2D eigenvalue weighted by Crippen LogP contribution is -2.50. The van der Waals surface area contributed by atoms with Gasteiger partial charge in [-0.25, -0.2) is 0 Å². The average Bonchev–Trinajstić information content (AvgIpc) is 2.45. The first-order chi connectivity index (χ1) is 11.3. The summed E-state index contributed by atoms with van der Waals surface area (Å²) in [6.07, 6.45) is 0. The lowest BCUT2D eigenvalue weighted by Gasteiger charge is -2.42. The van der Waals surface area contributed by atoms with Crippen molar-refractivity contribution in [1.29, 1.82) is 0 Å². The maximum atomic E-state index is 12.6. The molecular formula is C21H37NO2Si. The van der Waals surface area contributed by atoms with Gasteiger partial charge in [-0.05, 0) is 35.2 Å². The highest BCUT2D eigenvalue weighted by atomic mass is 28.4. The maximum absolute atomic E-state index is 12.6. The molecule has 0 saturated heterocycles. The number of benzene rings is 1. The van der Waals surface area contributed by atoms with Crippen LogP contribution in [0.15, 0.2) is 18.2 Å². The van der Waals surface area contributed by atoms with Crippen LogP contribution in [0.1, 0.15) is 67.9 Å². The van der Waals surface area contributed by atoms with Crippen molar-refractivity contribution in [2.75, 3.05) is 5.32 Å². The zero-order chi connectivity index (χ0) is 19.6. The number of hydrogen-bond acceptors (Lipinski definition) is 2. The van der Waals surface area contributed by atoms with E-state index in [0.717, 1.165) is 17.0 Å². The van der Waals surface area contributed by atoms with Crippen LogP contribution < -0.4 is 9.74 Å². The number of anilines is 1. The van der Waals surface area contributed by atoms with E-state index in [1.165, 1.54) is 0 Å². The van der Waals surface area contributed by atoms with Gasteiger partial charge in [-0.15, -0.1) is 0 Å².